The van der Waals surface area contributed by atoms with Crippen LogP contribution in [-0.4, -0.2) is 51.5 Å². The van der Waals surface area contributed by atoms with E-state index in [2.05, 4.69) is 33.5 Å². The van der Waals surface area contributed by atoms with Gasteiger partial charge in [0.1, 0.15) is 29.5 Å². The summed E-state index contributed by atoms with van der Waals surface area (Å²) in [7, 11) is 0. The van der Waals surface area contributed by atoms with Gasteiger partial charge in [0.15, 0.2) is 0 Å². The van der Waals surface area contributed by atoms with Crippen molar-refractivity contribution in [3.63, 3.8) is 0 Å². The molecule has 176 valence electrons. The Balaban J connectivity index is 1.25. The highest BCUT2D eigenvalue weighted by Crippen LogP contribution is 2.25. The summed E-state index contributed by atoms with van der Waals surface area (Å²) in [6.45, 7) is 6.40. The van der Waals surface area contributed by atoms with Crippen LogP contribution in [0.1, 0.15) is 37.6 Å². The molecule has 4 rings (SSSR count). The van der Waals surface area contributed by atoms with Gasteiger partial charge in [-0.2, -0.15) is 0 Å². The smallest absolute Gasteiger partial charge is 0.119 e. The third-order valence-electron chi connectivity index (χ3n) is 6.12. The van der Waals surface area contributed by atoms with Crippen molar-refractivity contribution in [1.29, 1.82) is 0 Å². The first kappa shape index (κ1) is 23.3. The first-order valence-electron chi connectivity index (χ1n) is 12.0. The Labute approximate surface area is 196 Å². The number of imidazole rings is 1. The molecule has 0 saturated carbocycles. The fourth-order valence-corrected chi connectivity index (χ4v) is 4.47. The van der Waals surface area contributed by atoms with Crippen LogP contribution in [0.15, 0.2) is 67.0 Å². The van der Waals surface area contributed by atoms with E-state index in [9.17, 15) is 5.11 Å². The molecule has 1 saturated heterocycles. The minimum Gasteiger partial charge on any atom is -0.494 e. The van der Waals surface area contributed by atoms with E-state index in [0.29, 0.717) is 19.8 Å². The van der Waals surface area contributed by atoms with E-state index in [1.165, 1.54) is 5.56 Å². The number of hydrogen-bond acceptors (Lipinski definition) is 5. The zero-order valence-electron chi connectivity index (χ0n) is 19.5. The summed E-state index contributed by atoms with van der Waals surface area (Å²) in [4.78, 5) is 6.68. The number of aromatic nitrogens is 2. The number of aliphatic hydroxyl groups is 1. The Hall–Kier alpha value is -2.83. The van der Waals surface area contributed by atoms with Gasteiger partial charge in [-0.3, -0.25) is 4.90 Å². The predicted molar refractivity (Wildman–Crippen MR) is 130 cm³/mol. The zero-order chi connectivity index (χ0) is 22.9. The molecule has 2 heterocycles. The Kier molecular flexibility index (Phi) is 8.02. The summed E-state index contributed by atoms with van der Waals surface area (Å²) >= 11 is 0. The van der Waals surface area contributed by atoms with Crippen LogP contribution in [0, 0.1) is 0 Å². The molecule has 1 aromatic heterocycles. The van der Waals surface area contributed by atoms with E-state index in [1.54, 1.807) is 0 Å². The molecule has 0 bridgehead atoms. The van der Waals surface area contributed by atoms with Gasteiger partial charge in [-0.05, 0) is 55.6 Å². The van der Waals surface area contributed by atoms with Gasteiger partial charge in [-0.15, -0.1) is 0 Å². The second-order valence-corrected chi connectivity index (χ2v) is 8.88. The number of piperidine rings is 1. The molecule has 0 spiro atoms. The van der Waals surface area contributed by atoms with E-state index in [1.807, 2.05) is 54.9 Å². The highest BCUT2D eigenvalue weighted by Gasteiger charge is 2.34. The van der Waals surface area contributed by atoms with Crippen molar-refractivity contribution in [3.8, 4) is 11.5 Å². The Bertz CT molecular complexity index is 991. The fraction of sp³-hybridized carbons (Fsp3) is 0.444. The summed E-state index contributed by atoms with van der Waals surface area (Å²) in [5.41, 5.74) is 0.371. The summed E-state index contributed by atoms with van der Waals surface area (Å²) in [5, 5.41) is 11.1. The van der Waals surface area contributed by atoms with Gasteiger partial charge >= 0.3 is 0 Å². The lowest BCUT2D eigenvalue weighted by molar-refractivity contribution is -0.0621. The first-order valence-corrected chi connectivity index (χ1v) is 12.0. The van der Waals surface area contributed by atoms with Gasteiger partial charge in [0.05, 0.1) is 6.61 Å². The van der Waals surface area contributed by atoms with Gasteiger partial charge in [-0.1, -0.05) is 37.3 Å². The molecule has 0 amide bonds. The van der Waals surface area contributed by atoms with Crippen LogP contribution >= 0.6 is 0 Å². The van der Waals surface area contributed by atoms with Gasteiger partial charge in [-0.25, -0.2) is 4.98 Å². The number of benzene rings is 2. The summed E-state index contributed by atoms with van der Waals surface area (Å²) < 4.78 is 14.1. The summed E-state index contributed by atoms with van der Waals surface area (Å²) in [6.07, 6.45) is 7.49. The number of hydrogen-bond donors (Lipinski definition) is 1. The molecular formula is C27H35N3O3. The number of aryl methyl sites for hydroxylation is 2. The Morgan fingerprint density at radius 3 is 2.76 bits per heavy atom. The molecule has 2 aromatic carbocycles. The largest absolute Gasteiger partial charge is 0.494 e. The van der Waals surface area contributed by atoms with E-state index in [4.69, 9.17) is 9.47 Å². The van der Waals surface area contributed by atoms with E-state index in [-0.39, 0.29) is 0 Å². The normalized spacial score (nSPS) is 18.8. The van der Waals surface area contributed by atoms with Crippen molar-refractivity contribution in [2.24, 2.45) is 0 Å². The first-order chi connectivity index (χ1) is 16.1. The lowest BCUT2D eigenvalue weighted by Gasteiger charge is -2.39. The van der Waals surface area contributed by atoms with Crippen LogP contribution in [0.3, 0.4) is 0 Å². The highest BCUT2D eigenvalue weighted by atomic mass is 16.5. The zero-order valence-corrected chi connectivity index (χ0v) is 19.5. The topological polar surface area (TPSA) is 59.8 Å². The molecule has 1 atom stereocenters. The number of para-hydroxylation sites is 1. The maximum Gasteiger partial charge on any atom is 0.119 e. The van der Waals surface area contributed by atoms with E-state index < -0.39 is 5.60 Å². The van der Waals surface area contributed by atoms with Gasteiger partial charge in [0.2, 0.25) is 0 Å². The second-order valence-electron chi connectivity index (χ2n) is 8.88. The van der Waals surface area contributed by atoms with Crippen LogP contribution in [0.5, 0.6) is 11.5 Å². The van der Waals surface area contributed by atoms with Crippen molar-refractivity contribution in [2.45, 2.75) is 51.3 Å². The average Bonchev–Trinajstić information content (AvgIpc) is 3.29. The lowest BCUT2D eigenvalue weighted by Crippen LogP contribution is -2.51. The number of β-amino-alcohol motifs (C(OH)–C–C–N with tert-alkyl or cyclic N) is 1. The molecule has 1 N–H and O–H groups in total. The molecule has 1 aliphatic rings. The van der Waals surface area contributed by atoms with Gasteiger partial charge in [0, 0.05) is 38.4 Å². The Morgan fingerprint density at radius 1 is 1.06 bits per heavy atom. The lowest BCUT2D eigenvalue weighted by atomic mass is 9.93. The van der Waals surface area contributed by atoms with Crippen molar-refractivity contribution < 1.29 is 14.6 Å². The molecule has 6 heteroatoms. The number of nitrogens with zero attached hydrogens (tertiary/aromatic N) is 3. The quantitative estimate of drug-likeness (QED) is 0.442. The molecular weight excluding hydrogens is 414 g/mol. The standard InChI is InChI=1S/C27H35N3O3/c1-2-26-28-14-17-30(26)16-8-18-32-25-12-6-9-23(19-25)20-29-15-7-13-27(31,21-29)22-33-24-10-4-3-5-11-24/h3-6,9-12,14,17,19,31H,2,7-8,13,15-16,18,20-22H2,1H3. The number of likely N-dealkylation sites (tertiary alicyclic amines) is 1. The molecule has 1 fully saturated rings. The SMILES string of the molecule is CCc1nccn1CCCOc1cccc(CN2CCCC(O)(COc3ccccc3)C2)c1. The van der Waals surface area contributed by atoms with Crippen LogP contribution in [0.25, 0.3) is 0 Å². The highest BCUT2D eigenvalue weighted by molar-refractivity contribution is 5.28. The molecule has 6 nitrogen and oxygen atoms in total. The molecule has 33 heavy (non-hydrogen) atoms. The van der Waals surface area contributed by atoms with Crippen molar-refractivity contribution in [3.05, 3.63) is 78.4 Å². The predicted octanol–water partition coefficient (Wildman–Crippen LogP) is 4.32. The van der Waals surface area contributed by atoms with E-state index in [0.717, 1.165) is 62.6 Å². The molecule has 1 unspecified atom stereocenters. The minimum atomic E-state index is -0.827. The third kappa shape index (κ3) is 6.83. The minimum absolute atomic E-state index is 0.313. The summed E-state index contributed by atoms with van der Waals surface area (Å²) in [6, 6.07) is 18.0. The second kappa shape index (κ2) is 11.3. The fourth-order valence-electron chi connectivity index (χ4n) is 4.47. The third-order valence-corrected chi connectivity index (χ3v) is 6.12. The van der Waals surface area contributed by atoms with Crippen LogP contribution in [-0.2, 0) is 19.5 Å². The van der Waals surface area contributed by atoms with Crippen molar-refractivity contribution in [2.75, 3.05) is 26.3 Å². The molecule has 0 aliphatic carbocycles. The maximum absolute atomic E-state index is 11.1. The number of rotatable bonds is 11. The van der Waals surface area contributed by atoms with Crippen LogP contribution < -0.4 is 9.47 Å². The Morgan fingerprint density at radius 2 is 1.91 bits per heavy atom. The van der Waals surface area contributed by atoms with Gasteiger partial charge in [0.25, 0.3) is 0 Å². The molecule has 0 radical (unpaired) electrons. The van der Waals surface area contributed by atoms with Crippen LogP contribution in [0.2, 0.25) is 0 Å². The average molecular weight is 450 g/mol. The van der Waals surface area contributed by atoms with E-state index >= 15 is 0 Å². The van der Waals surface area contributed by atoms with Crippen molar-refractivity contribution in [1.82, 2.24) is 14.5 Å². The van der Waals surface area contributed by atoms with Gasteiger partial charge < -0.3 is 19.1 Å². The van der Waals surface area contributed by atoms with Crippen LogP contribution in [0.4, 0.5) is 0 Å². The number of ether oxygens (including phenoxy) is 2. The van der Waals surface area contributed by atoms with Crippen molar-refractivity contribution >= 4 is 0 Å². The monoisotopic (exact) mass is 449 g/mol. The molecule has 1 aliphatic heterocycles. The summed E-state index contributed by atoms with van der Waals surface area (Å²) in [5.74, 6) is 2.81. The maximum atomic E-state index is 11.1. The molecule has 3 aromatic rings.